The fraction of sp³-hybridized carbons (Fsp3) is 0.522. The number of amides is 2. The summed E-state index contributed by atoms with van der Waals surface area (Å²) in [5.41, 5.74) is 0.850. The molecule has 0 spiro atoms. The van der Waals surface area contributed by atoms with E-state index in [1.54, 1.807) is 18.9 Å². The first-order valence-electron chi connectivity index (χ1n) is 11.0. The molecule has 1 saturated heterocycles. The van der Waals surface area contributed by atoms with Crippen LogP contribution in [0.25, 0.3) is 11.5 Å². The highest BCUT2D eigenvalue weighted by Gasteiger charge is 2.30. The van der Waals surface area contributed by atoms with Gasteiger partial charge in [-0.15, -0.1) is 10.2 Å². The molecule has 32 heavy (non-hydrogen) atoms. The molecule has 0 bridgehead atoms. The van der Waals surface area contributed by atoms with Gasteiger partial charge in [0.15, 0.2) is 0 Å². The van der Waals surface area contributed by atoms with Gasteiger partial charge in [-0.25, -0.2) is 0 Å². The number of ether oxygens (including phenoxy) is 1. The molecule has 3 rings (SSSR count). The Balaban J connectivity index is 1.41. The smallest absolute Gasteiger partial charge is 0.310 e. The maximum absolute atomic E-state index is 12.6. The van der Waals surface area contributed by atoms with Gasteiger partial charge in [0.2, 0.25) is 23.6 Å². The molecule has 1 fully saturated rings. The summed E-state index contributed by atoms with van der Waals surface area (Å²) in [4.78, 5) is 40.1. The molecule has 0 saturated carbocycles. The van der Waals surface area contributed by atoms with Crippen molar-refractivity contribution in [3.8, 4) is 11.5 Å². The average Bonchev–Trinajstić information content (AvgIpc) is 3.28. The number of aromatic nitrogens is 2. The number of hydrogen-bond acceptors (Lipinski definition) is 7. The Morgan fingerprint density at radius 3 is 2.75 bits per heavy atom. The second-order valence-corrected chi connectivity index (χ2v) is 7.90. The van der Waals surface area contributed by atoms with Gasteiger partial charge in [0.05, 0.1) is 19.1 Å². The van der Waals surface area contributed by atoms with Crippen LogP contribution in [0.15, 0.2) is 34.7 Å². The van der Waals surface area contributed by atoms with Gasteiger partial charge in [-0.2, -0.15) is 0 Å². The van der Waals surface area contributed by atoms with Crippen LogP contribution in [0.2, 0.25) is 0 Å². The molecule has 0 radical (unpaired) electrons. The third-order valence-electron chi connectivity index (χ3n) is 5.46. The predicted octanol–water partition coefficient (Wildman–Crippen LogP) is 2.32. The maximum atomic E-state index is 12.6. The molecule has 2 heterocycles. The predicted molar refractivity (Wildman–Crippen MR) is 116 cm³/mol. The molecule has 9 heteroatoms. The van der Waals surface area contributed by atoms with E-state index in [0.717, 1.165) is 18.4 Å². The number of esters is 1. The number of aryl methyl sites for hydroxylation is 1. The summed E-state index contributed by atoms with van der Waals surface area (Å²) in [5.74, 6) is 0.111. The van der Waals surface area contributed by atoms with Crippen LogP contribution in [0.1, 0.15) is 38.5 Å². The largest absolute Gasteiger partial charge is 0.466 e. The maximum Gasteiger partial charge on any atom is 0.310 e. The lowest BCUT2D eigenvalue weighted by atomic mass is 9.98. The highest BCUT2D eigenvalue weighted by Crippen LogP contribution is 2.19. The monoisotopic (exact) mass is 442 g/mol. The van der Waals surface area contributed by atoms with E-state index in [1.807, 2.05) is 30.3 Å². The van der Waals surface area contributed by atoms with Gasteiger partial charge < -0.3 is 19.0 Å². The number of rotatable bonds is 9. The van der Waals surface area contributed by atoms with Crippen molar-refractivity contribution < 1.29 is 23.5 Å². The van der Waals surface area contributed by atoms with Crippen molar-refractivity contribution in [3.63, 3.8) is 0 Å². The van der Waals surface area contributed by atoms with Crippen LogP contribution in [0.3, 0.4) is 0 Å². The van der Waals surface area contributed by atoms with Gasteiger partial charge in [0, 0.05) is 38.5 Å². The molecule has 1 aliphatic rings. The molecule has 9 nitrogen and oxygen atoms in total. The summed E-state index contributed by atoms with van der Waals surface area (Å²) in [6.45, 7) is 3.04. The SMILES string of the molecule is CCOC(=O)C1CCCN(C(=O)CN(C)C(=O)CCCc2nnc(-c3ccccc3)o2)C1. The molecule has 172 valence electrons. The van der Waals surface area contributed by atoms with Crippen molar-refractivity contribution in [1.82, 2.24) is 20.0 Å². The van der Waals surface area contributed by atoms with Crippen LogP contribution in [-0.4, -0.2) is 71.1 Å². The molecule has 2 aromatic rings. The van der Waals surface area contributed by atoms with E-state index in [-0.39, 0.29) is 36.7 Å². The van der Waals surface area contributed by atoms with Crippen LogP contribution in [0, 0.1) is 5.92 Å². The summed E-state index contributed by atoms with van der Waals surface area (Å²) < 4.78 is 10.7. The topological polar surface area (TPSA) is 106 Å². The van der Waals surface area contributed by atoms with E-state index >= 15 is 0 Å². The van der Waals surface area contributed by atoms with Crippen LogP contribution < -0.4 is 0 Å². The van der Waals surface area contributed by atoms with Crippen molar-refractivity contribution >= 4 is 17.8 Å². The molecule has 2 amide bonds. The third kappa shape index (κ3) is 6.38. The van der Waals surface area contributed by atoms with Crippen molar-refractivity contribution in [2.75, 3.05) is 33.3 Å². The first-order chi connectivity index (χ1) is 15.5. The minimum absolute atomic E-state index is 0.00685. The van der Waals surface area contributed by atoms with Gasteiger partial charge in [0.1, 0.15) is 0 Å². The lowest BCUT2D eigenvalue weighted by Crippen LogP contribution is -2.47. The normalized spacial score (nSPS) is 15.9. The molecule has 1 aromatic carbocycles. The second-order valence-electron chi connectivity index (χ2n) is 7.90. The molecule has 0 N–H and O–H groups in total. The highest BCUT2D eigenvalue weighted by molar-refractivity contribution is 5.85. The summed E-state index contributed by atoms with van der Waals surface area (Å²) >= 11 is 0. The van der Waals surface area contributed by atoms with E-state index in [9.17, 15) is 14.4 Å². The fourth-order valence-electron chi connectivity index (χ4n) is 3.68. The molecule has 1 unspecified atom stereocenters. The van der Waals surface area contributed by atoms with Crippen LogP contribution in [0.5, 0.6) is 0 Å². The number of piperidine rings is 1. The number of carbonyl (C=O) groups is 3. The van der Waals surface area contributed by atoms with Crippen LogP contribution in [0.4, 0.5) is 0 Å². The number of hydrogen-bond donors (Lipinski definition) is 0. The molecule has 1 aliphatic heterocycles. The Hall–Kier alpha value is -3.23. The lowest BCUT2D eigenvalue weighted by molar-refractivity contribution is -0.152. The minimum atomic E-state index is -0.288. The Morgan fingerprint density at radius 1 is 1.22 bits per heavy atom. The summed E-state index contributed by atoms with van der Waals surface area (Å²) in [6, 6.07) is 9.50. The average molecular weight is 443 g/mol. The Morgan fingerprint density at radius 2 is 2.00 bits per heavy atom. The fourth-order valence-corrected chi connectivity index (χ4v) is 3.68. The molecular formula is C23H30N4O5. The standard InChI is InChI=1S/C23H30N4O5/c1-3-31-23(30)18-11-8-14-27(15-18)21(29)16-26(2)20(28)13-7-12-19-24-25-22(32-19)17-9-5-4-6-10-17/h4-6,9-10,18H,3,7-8,11-16H2,1-2H3. The van der Waals surface area contributed by atoms with E-state index in [2.05, 4.69) is 10.2 Å². The number of carbonyl (C=O) groups excluding carboxylic acids is 3. The zero-order valence-corrected chi connectivity index (χ0v) is 18.7. The number of nitrogens with zero attached hydrogens (tertiary/aromatic N) is 4. The van der Waals surface area contributed by atoms with Gasteiger partial charge >= 0.3 is 5.97 Å². The third-order valence-corrected chi connectivity index (χ3v) is 5.46. The Bertz CT molecular complexity index is 914. The van der Waals surface area contributed by atoms with Crippen LogP contribution >= 0.6 is 0 Å². The number of likely N-dealkylation sites (N-methyl/N-ethyl adjacent to an activating group) is 1. The van der Waals surface area contributed by atoms with Crippen molar-refractivity contribution in [2.45, 2.75) is 39.0 Å². The Kier molecular flexibility index (Phi) is 8.35. The second kappa shape index (κ2) is 11.4. The highest BCUT2D eigenvalue weighted by atomic mass is 16.5. The number of likely N-dealkylation sites (tertiary alicyclic amines) is 1. The van der Waals surface area contributed by atoms with Gasteiger partial charge in [-0.1, -0.05) is 18.2 Å². The molecular weight excluding hydrogens is 412 g/mol. The molecule has 1 aromatic heterocycles. The first-order valence-corrected chi connectivity index (χ1v) is 11.0. The van der Waals surface area contributed by atoms with Crippen molar-refractivity contribution in [2.24, 2.45) is 5.92 Å². The summed E-state index contributed by atoms with van der Waals surface area (Å²) in [7, 11) is 1.62. The quantitative estimate of drug-likeness (QED) is 0.549. The zero-order chi connectivity index (χ0) is 22.9. The zero-order valence-electron chi connectivity index (χ0n) is 18.7. The van der Waals surface area contributed by atoms with E-state index in [0.29, 0.717) is 44.3 Å². The van der Waals surface area contributed by atoms with Crippen LogP contribution in [-0.2, 0) is 25.5 Å². The molecule has 0 aliphatic carbocycles. The van der Waals surface area contributed by atoms with E-state index < -0.39 is 0 Å². The van der Waals surface area contributed by atoms with Crippen molar-refractivity contribution in [3.05, 3.63) is 36.2 Å². The van der Waals surface area contributed by atoms with Crippen molar-refractivity contribution in [1.29, 1.82) is 0 Å². The number of benzene rings is 1. The summed E-state index contributed by atoms with van der Waals surface area (Å²) in [6.07, 6.45) is 2.78. The van der Waals surface area contributed by atoms with E-state index in [1.165, 1.54) is 4.90 Å². The minimum Gasteiger partial charge on any atom is -0.466 e. The summed E-state index contributed by atoms with van der Waals surface area (Å²) in [5, 5.41) is 8.08. The van der Waals surface area contributed by atoms with Gasteiger partial charge in [-0.3, -0.25) is 14.4 Å². The lowest BCUT2D eigenvalue weighted by Gasteiger charge is -2.32. The molecule has 1 atom stereocenters. The van der Waals surface area contributed by atoms with Gasteiger partial charge in [-0.05, 0) is 38.3 Å². The van der Waals surface area contributed by atoms with Gasteiger partial charge in [0.25, 0.3) is 0 Å². The first kappa shape index (κ1) is 23.4. The Labute approximate surface area is 187 Å². The van der Waals surface area contributed by atoms with E-state index in [4.69, 9.17) is 9.15 Å².